The van der Waals surface area contributed by atoms with Crippen LogP contribution < -0.4 is 0 Å². The quantitative estimate of drug-likeness (QED) is 0.830. The van der Waals surface area contributed by atoms with Crippen molar-refractivity contribution in [1.29, 1.82) is 0 Å². The van der Waals surface area contributed by atoms with E-state index in [1.807, 2.05) is 53.4 Å². The summed E-state index contributed by atoms with van der Waals surface area (Å²) in [6.07, 6.45) is -1.15. The third kappa shape index (κ3) is 4.59. The van der Waals surface area contributed by atoms with E-state index >= 15 is 0 Å². The number of nitrogens with zero attached hydrogens (tertiary/aromatic N) is 3. The summed E-state index contributed by atoms with van der Waals surface area (Å²) >= 11 is 0. The zero-order chi connectivity index (χ0) is 18.4. The molecule has 1 saturated heterocycles. The molecule has 3 rings (SSSR count). The lowest BCUT2D eigenvalue weighted by molar-refractivity contribution is -0.141. The summed E-state index contributed by atoms with van der Waals surface area (Å²) < 4.78 is 5.34. The van der Waals surface area contributed by atoms with Gasteiger partial charge in [0.25, 0.3) is 0 Å². The van der Waals surface area contributed by atoms with E-state index < -0.39 is 6.17 Å². The Morgan fingerprint density at radius 2 is 1.62 bits per heavy atom. The summed E-state index contributed by atoms with van der Waals surface area (Å²) in [4.78, 5) is 15.7. The van der Waals surface area contributed by atoms with Crippen LogP contribution >= 0.6 is 0 Å². The molecule has 0 spiro atoms. The van der Waals surface area contributed by atoms with Gasteiger partial charge in [0.2, 0.25) is 0 Å². The molecule has 7 heteroatoms. The number of hydroxylamine groups is 2. The van der Waals surface area contributed by atoms with Crippen molar-refractivity contribution in [2.24, 2.45) is 0 Å². The first kappa shape index (κ1) is 18.3. The minimum atomic E-state index is -0.779. The van der Waals surface area contributed by atoms with Crippen molar-refractivity contribution in [3.05, 3.63) is 77.0 Å². The summed E-state index contributed by atoms with van der Waals surface area (Å²) in [7, 11) is 0. The summed E-state index contributed by atoms with van der Waals surface area (Å²) in [5, 5.41) is 21.1. The van der Waals surface area contributed by atoms with Crippen molar-refractivity contribution in [3.8, 4) is 0 Å². The third-order valence-electron chi connectivity index (χ3n) is 4.43. The molecule has 26 heavy (non-hydrogen) atoms. The minimum Gasteiger partial charge on any atom is -0.761 e. The van der Waals surface area contributed by atoms with Gasteiger partial charge in [0.05, 0.1) is 6.17 Å². The van der Waals surface area contributed by atoms with Crippen LogP contribution in [0.15, 0.2) is 60.7 Å². The van der Waals surface area contributed by atoms with Crippen LogP contribution in [0.1, 0.15) is 17.3 Å². The molecule has 1 fully saturated rings. The number of hydrogen-bond acceptors (Lipinski definition) is 6. The number of benzene rings is 2. The van der Waals surface area contributed by atoms with E-state index in [1.54, 1.807) is 17.0 Å². The Labute approximate surface area is 152 Å². The van der Waals surface area contributed by atoms with E-state index in [9.17, 15) is 15.2 Å². The van der Waals surface area contributed by atoms with Crippen LogP contribution in [0.25, 0.3) is 0 Å². The van der Waals surface area contributed by atoms with Crippen LogP contribution in [-0.2, 0) is 11.3 Å². The smallest absolute Gasteiger partial charge is 0.410 e. The maximum absolute atomic E-state index is 12.2. The molecule has 0 aliphatic carbocycles. The SMILES string of the molecule is O=C(OCc1ccccc1)N1CCN(C(c2ccccc2)N([O-])O)CC1. The van der Waals surface area contributed by atoms with Gasteiger partial charge in [-0.25, -0.2) is 10.0 Å². The predicted octanol–water partition coefficient (Wildman–Crippen LogP) is 2.83. The molecule has 0 radical (unpaired) electrons. The molecule has 2 aromatic rings. The second-order valence-corrected chi connectivity index (χ2v) is 6.15. The van der Waals surface area contributed by atoms with Crippen LogP contribution in [-0.4, -0.2) is 52.5 Å². The fraction of sp³-hybridized carbons (Fsp3) is 0.316. The molecule has 1 N–H and O–H groups in total. The average Bonchev–Trinajstić information content (AvgIpc) is 2.68. The normalized spacial score (nSPS) is 16.5. The highest BCUT2D eigenvalue weighted by atomic mass is 16.8. The topological polar surface area (TPSA) is 79.3 Å². The Hall–Kier alpha value is -2.45. The Morgan fingerprint density at radius 1 is 1.04 bits per heavy atom. The molecule has 1 aliphatic heterocycles. The fourth-order valence-electron chi connectivity index (χ4n) is 3.06. The number of piperazine rings is 1. The second kappa shape index (κ2) is 8.77. The lowest BCUT2D eigenvalue weighted by atomic mass is 10.1. The predicted molar refractivity (Wildman–Crippen MR) is 95.9 cm³/mol. The first-order valence-corrected chi connectivity index (χ1v) is 8.55. The third-order valence-corrected chi connectivity index (χ3v) is 4.43. The van der Waals surface area contributed by atoms with E-state index in [-0.39, 0.29) is 17.9 Å². The van der Waals surface area contributed by atoms with Crippen LogP contribution in [0.4, 0.5) is 4.79 Å². The molecule has 1 amide bonds. The van der Waals surface area contributed by atoms with E-state index in [2.05, 4.69) is 0 Å². The number of hydrogen-bond donors (Lipinski definition) is 1. The highest BCUT2D eigenvalue weighted by Crippen LogP contribution is 2.24. The van der Waals surface area contributed by atoms with E-state index in [1.165, 1.54) is 0 Å². The number of carbonyl (C=O) groups is 1. The van der Waals surface area contributed by atoms with Crippen molar-refractivity contribution in [1.82, 2.24) is 15.0 Å². The zero-order valence-corrected chi connectivity index (χ0v) is 14.4. The molecule has 1 heterocycles. The molecule has 1 atom stereocenters. The molecule has 0 saturated carbocycles. The summed E-state index contributed by atoms with van der Waals surface area (Å²) in [6, 6.07) is 18.6. The van der Waals surface area contributed by atoms with Crippen molar-refractivity contribution in [2.75, 3.05) is 26.2 Å². The molecule has 0 aromatic heterocycles. The van der Waals surface area contributed by atoms with E-state index in [0.717, 1.165) is 5.56 Å². The lowest BCUT2D eigenvalue weighted by Crippen LogP contribution is -2.52. The number of amides is 1. The fourth-order valence-corrected chi connectivity index (χ4v) is 3.06. The van der Waals surface area contributed by atoms with Crippen LogP contribution in [0.3, 0.4) is 0 Å². The standard InChI is InChI=1S/C19H22N3O4/c23-19(26-15-16-7-3-1-4-8-16)21-13-11-20(12-14-21)18(22(24)25)17-9-5-2-6-10-17/h1-10,18,24H,11-15H2/q-1. The Balaban J connectivity index is 1.53. The number of ether oxygens (including phenoxy) is 1. The summed E-state index contributed by atoms with van der Waals surface area (Å²) in [5.41, 5.74) is 1.65. The van der Waals surface area contributed by atoms with Gasteiger partial charge in [-0.3, -0.25) is 4.90 Å². The van der Waals surface area contributed by atoms with Crippen molar-refractivity contribution < 1.29 is 14.7 Å². The molecule has 1 unspecified atom stereocenters. The zero-order valence-electron chi connectivity index (χ0n) is 14.4. The van der Waals surface area contributed by atoms with Crippen molar-refractivity contribution in [2.45, 2.75) is 12.8 Å². The van der Waals surface area contributed by atoms with Crippen molar-refractivity contribution >= 4 is 6.09 Å². The van der Waals surface area contributed by atoms with Crippen LogP contribution in [0.5, 0.6) is 0 Å². The summed E-state index contributed by atoms with van der Waals surface area (Å²) in [6.45, 7) is 2.05. The second-order valence-electron chi connectivity index (χ2n) is 6.15. The maximum atomic E-state index is 12.2. The van der Waals surface area contributed by atoms with Crippen molar-refractivity contribution in [3.63, 3.8) is 0 Å². The molecule has 138 valence electrons. The van der Waals surface area contributed by atoms with E-state index in [0.29, 0.717) is 31.7 Å². The van der Waals surface area contributed by atoms with Gasteiger partial charge in [-0.2, -0.15) is 0 Å². The van der Waals surface area contributed by atoms with Gasteiger partial charge >= 0.3 is 6.09 Å². The Kier molecular flexibility index (Phi) is 6.19. The van der Waals surface area contributed by atoms with Gasteiger partial charge in [-0.15, -0.1) is 0 Å². The molecule has 0 bridgehead atoms. The van der Waals surface area contributed by atoms with Gasteiger partial charge in [0, 0.05) is 26.2 Å². The molecule has 2 aromatic carbocycles. The Morgan fingerprint density at radius 3 is 2.19 bits per heavy atom. The minimum absolute atomic E-state index is 0.0290. The first-order chi connectivity index (χ1) is 12.6. The van der Waals surface area contributed by atoms with Gasteiger partial charge in [-0.1, -0.05) is 60.7 Å². The lowest BCUT2D eigenvalue weighted by Gasteiger charge is -2.43. The van der Waals surface area contributed by atoms with Gasteiger partial charge in [0.1, 0.15) is 6.61 Å². The average molecular weight is 356 g/mol. The maximum Gasteiger partial charge on any atom is 0.410 e. The molecular formula is C19H22N3O4-. The van der Waals surface area contributed by atoms with Crippen LogP contribution in [0, 0.1) is 5.21 Å². The van der Waals surface area contributed by atoms with E-state index in [4.69, 9.17) is 4.74 Å². The monoisotopic (exact) mass is 356 g/mol. The largest absolute Gasteiger partial charge is 0.761 e. The number of rotatable bonds is 5. The van der Waals surface area contributed by atoms with Gasteiger partial charge < -0.3 is 20.1 Å². The van der Waals surface area contributed by atoms with Gasteiger partial charge in [-0.05, 0) is 11.1 Å². The molecule has 7 nitrogen and oxygen atoms in total. The highest BCUT2D eigenvalue weighted by Gasteiger charge is 2.28. The first-order valence-electron chi connectivity index (χ1n) is 8.55. The van der Waals surface area contributed by atoms with Gasteiger partial charge in [0.15, 0.2) is 0 Å². The summed E-state index contributed by atoms with van der Waals surface area (Å²) in [5.74, 6) is 0. The molecule has 1 aliphatic rings. The molecular weight excluding hydrogens is 334 g/mol. The van der Waals surface area contributed by atoms with Crippen LogP contribution in [0.2, 0.25) is 0 Å². The number of carbonyl (C=O) groups excluding carboxylic acids is 1. The highest BCUT2D eigenvalue weighted by molar-refractivity contribution is 5.67. The Bertz CT molecular complexity index is 688.